The summed E-state index contributed by atoms with van der Waals surface area (Å²) in [5, 5.41) is 11.0. The molecule has 0 saturated carbocycles. The SMILES string of the molecule is COc1ncc(-c2nc(N3CCCCC3)nc3c(CN4CCC(C(C)(C)O)CC4)cc(F)cc23)cc1CS(C)(=O)=O. The summed E-state index contributed by atoms with van der Waals surface area (Å²) in [5.74, 6) is 0.425. The third-order valence-electron chi connectivity index (χ3n) is 8.26. The molecule has 2 fully saturated rings. The molecule has 0 atom stereocenters. The molecule has 4 heterocycles. The Hall–Kier alpha value is -2.89. The van der Waals surface area contributed by atoms with Crippen molar-refractivity contribution in [3.05, 3.63) is 41.3 Å². The molecule has 9 nitrogen and oxygen atoms in total. The first kappa shape index (κ1) is 29.6. The first-order valence-corrected chi connectivity index (χ1v) is 16.4. The third kappa shape index (κ3) is 6.95. The Morgan fingerprint density at radius 1 is 1.05 bits per heavy atom. The summed E-state index contributed by atoms with van der Waals surface area (Å²) in [6.45, 7) is 7.55. The van der Waals surface area contributed by atoms with Gasteiger partial charge in [0.25, 0.3) is 0 Å². The van der Waals surface area contributed by atoms with E-state index in [0.717, 1.165) is 63.8 Å². The lowest BCUT2D eigenvalue weighted by Gasteiger charge is -2.37. The highest BCUT2D eigenvalue weighted by Crippen LogP contribution is 2.35. The summed E-state index contributed by atoms with van der Waals surface area (Å²) in [6, 6.07) is 4.73. The van der Waals surface area contributed by atoms with Crippen molar-refractivity contribution in [3.63, 3.8) is 0 Å². The van der Waals surface area contributed by atoms with Crippen LogP contribution in [0.1, 0.15) is 57.1 Å². The number of methoxy groups -OCH3 is 1. The van der Waals surface area contributed by atoms with Crippen molar-refractivity contribution >= 4 is 26.7 Å². The van der Waals surface area contributed by atoms with Crippen LogP contribution in [0.5, 0.6) is 5.88 Å². The standard InChI is InChI=1S/C30H40FN5O4S/c1-30(2,37)23-8-12-35(13-9-23)18-21-15-24(31)16-25-26(33-29(34-27(21)25)36-10-6-5-7-11-36)20-14-22(19-41(4,38)39)28(40-3)32-17-20/h14-17,23,37H,5-13,18-19H2,1-4H3. The third-order valence-corrected chi connectivity index (χ3v) is 9.10. The molecule has 11 heteroatoms. The van der Waals surface area contributed by atoms with Crippen LogP contribution in [0.2, 0.25) is 0 Å². The molecule has 0 radical (unpaired) electrons. The van der Waals surface area contributed by atoms with Crippen molar-refractivity contribution in [2.45, 2.75) is 63.9 Å². The number of aromatic nitrogens is 3. The van der Waals surface area contributed by atoms with Gasteiger partial charge in [-0.2, -0.15) is 0 Å². The summed E-state index contributed by atoms with van der Waals surface area (Å²) >= 11 is 0. The zero-order chi connectivity index (χ0) is 29.4. The Morgan fingerprint density at radius 2 is 1.76 bits per heavy atom. The molecule has 2 aromatic heterocycles. The van der Waals surface area contributed by atoms with Gasteiger partial charge in [0.15, 0.2) is 9.84 Å². The number of sulfone groups is 1. The topological polar surface area (TPSA) is 109 Å². The van der Waals surface area contributed by atoms with E-state index in [1.165, 1.54) is 19.4 Å². The fourth-order valence-corrected chi connectivity index (χ4v) is 6.84. The Labute approximate surface area is 241 Å². The molecule has 2 aliphatic rings. The van der Waals surface area contributed by atoms with Gasteiger partial charge in [-0.3, -0.25) is 4.90 Å². The van der Waals surface area contributed by atoms with E-state index < -0.39 is 15.4 Å². The molecular formula is C30H40FN5O4S. The van der Waals surface area contributed by atoms with Crippen molar-refractivity contribution in [3.8, 4) is 17.1 Å². The Morgan fingerprint density at radius 3 is 2.39 bits per heavy atom. The van der Waals surface area contributed by atoms with Crippen molar-refractivity contribution in [2.24, 2.45) is 5.92 Å². The quantitative estimate of drug-likeness (QED) is 0.413. The number of ether oxygens (including phenoxy) is 1. The lowest BCUT2D eigenvalue weighted by Crippen LogP contribution is -2.41. The molecular weight excluding hydrogens is 545 g/mol. The van der Waals surface area contributed by atoms with Crippen molar-refractivity contribution in [1.82, 2.24) is 19.9 Å². The monoisotopic (exact) mass is 585 g/mol. The average molecular weight is 586 g/mol. The first-order valence-electron chi connectivity index (χ1n) is 14.3. The number of fused-ring (bicyclic) bond motifs is 1. The number of hydrogen-bond donors (Lipinski definition) is 1. The highest BCUT2D eigenvalue weighted by Gasteiger charge is 2.31. The smallest absolute Gasteiger partial charge is 0.226 e. The van der Waals surface area contributed by atoms with E-state index >= 15 is 4.39 Å². The lowest BCUT2D eigenvalue weighted by atomic mass is 9.83. The Bertz CT molecular complexity index is 1510. The van der Waals surface area contributed by atoms with Crippen LogP contribution >= 0.6 is 0 Å². The van der Waals surface area contributed by atoms with Crippen molar-refractivity contribution in [2.75, 3.05) is 44.4 Å². The number of pyridine rings is 1. The van der Waals surface area contributed by atoms with Crippen LogP contribution in [0.3, 0.4) is 0 Å². The highest BCUT2D eigenvalue weighted by molar-refractivity contribution is 7.89. The van der Waals surface area contributed by atoms with Gasteiger partial charge in [0.1, 0.15) is 5.82 Å². The predicted molar refractivity (Wildman–Crippen MR) is 158 cm³/mol. The number of likely N-dealkylation sites (tertiary alicyclic amines) is 1. The Kier molecular flexibility index (Phi) is 8.50. The number of benzene rings is 1. The number of rotatable bonds is 8. The summed E-state index contributed by atoms with van der Waals surface area (Å²) in [4.78, 5) is 18.8. The zero-order valence-corrected chi connectivity index (χ0v) is 25.2. The summed E-state index contributed by atoms with van der Waals surface area (Å²) < 4.78 is 44.9. The molecule has 2 aliphatic heterocycles. The van der Waals surface area contributed by atoms with E-state index in [1.807, 2.05) is 13.8 Å². The molecule has 0 bridgehead atoms. The van der Waals surface area contributed by atoms with Gasteiger partial charge < -0.3 is 14.7 Å². The van der Waals surface area contributed by atoms with Crippen LogP contribution in [-0.2, 0) is 22.1 Å². The molecule has 2 saturated heterocycles. The van der Waals surface area contributed by atoms with Crippen molar-refractivity contribution in [1.29, 1.82) is 0 Å². The van der Waals surface area contributed by atoms with Gasteiger partial charge in [-0.1, -0.05) is 0 Å². The van der Waals surface area contributed by atoms with E-state index in [0.29, 0.717) is 40.2 Å². The van der Waals surface area contributed by atoms with E-state index in [2.05, 4.69) is 14.8 Å². The second-order valence-electron chi connectivity index (χ2n) is 12.0. The van der Waals surface area contributed by atoms with Crippen LogP contribution in [0, 0.1) is 11.7 Å². The summed E-state index contributed by atoms with van der Waals surface area (Å²) in [5.41, 5.74) is 2.26. The zero-order valence-electron chi connectivity index (χ0n) is 24.4. The fraction of sp³-hybridized carbons (Fsp3) is 0.567. The minimum atomic E-state index is -3.36. The van der Waals surface area contributed by atoms with Gasteiger partial charge in [-0.25, -0.2) is 27.8 Å². The molecule has 0 amide bonds. The van der Waals surface area contributed by atoms with E-state index in [1.54, 1.807) is 18.3 Å². The van der Waals surface area contributed by atoms with Gasteiger partial charge in [0.05, 0.1) is 29.7 Å². The van der Waals surface area contributed by atoms with Crippen LogP contribution < -0.4 is 9.64 Å². The maximum Gasteiger partial charge on any atom is 0.226 e. The fourth-order valence-electron chi connectivity index (χ4n) is 6.06. The molecule has 41 heavy (non-hydrogen) atoms. The van der Waals surface area contributed by atoms with Gasteiger partial charge in [0, 0.05) is 48.6 Å². The number of aliphatic hydroxyl groups is 1. The molecule has 0 aliphatic carbocycles. The molecule has 3 aromatic rings. The highest BCUT2D eigenvalue weighted by atomic mass is 32.2. The maximum atomic E-state index is 15.2. The van der Waals surface area contributed by atoms with E-state index in [9.17, 15) is 13.5 Å². The predicted octanol–water partition coefficient (Wildman–Crippen LogP) is 4.36. The molecule has 1 aromatic carbocycles. The maximum absolute atomic E-state index is 15.2. The lowest BCUT2D eigenvalue weighted by molar-refractivity contribution is -0.0135. The van der Waals surface area contributed by atoms with E-state index in [-0.39, 0.29) is 23.4 Å². The first-order chi connectivity index (χ1) is 19.4. The molecule has 0 unspecified atom stereocenters. The second kappa shape index (κ2) is 11.8. The molecule has 5 rings (SSSR count). The van der Waals surface area contributed by atoms with Crippen LogP contribution in [0.25, 0.3) is 22.2 Å². The summed E-state index contributed by atoms with van der Waals surface area (Å²) in [7, 11) is -1.91. The summed E-state index contributed by atoms with van der Waals surface area (Å²) in [6.07, 6.45) is 7.76. The molecule has 1 N–H and O–H groups in total. The van der Waals surface area contributed by atoms with Crippen LogP contribution in [0.15, 0.2) is 24.4 Å². The number of piperidine rings is 2. The van der Waals surface area contributed by atoms with E-state index in [4.69, 9.17) is 14.7 Å². The largest absolute Gasteiger partial charge is 0.481 e. The average Bonchev–Trinajstić information content (AvgIpc) is 2.92. The number of nitrogens with zero attached hydrogens (tertiary/aromatic N) is 5. The van der Waals surface area contributed by atoms with Gasteiger partial charge in [0.2, 0.25) is 11.8 Å². The number of halogens is 1. The van der Waals surface area contributed by atoms with Gasteiger partial charge in [-0.05, 0) is 88.7 Å². The number of anilines is 1. The normalized spacial score (nSPS) is 17.8. The second-order valence-corrected chi connectivity index (χ2v) is 14.2. The molecule has 0 spiro atoms. The minimum absolute atomic E-state index is 0.228. The Balaban J connectivity index is 1.61. The minimum Gasteiger partial charge on any atom is -0.481 e. The van der Waals surface area contributed by atoms with Gasteiger partial charge >= 0.3 is 0 Å². The van der Waals surface area contributed by atoms with Crippen LogP contribution in [0.4, 0.5) is 10.3 Å². The van der Waals surface area contributed by atoms with Gasteiger partial charge in [-0.15, -0.1) is 0 Å². The van der Waals surface area contributed by atoms with Crippen molar-refractivity contribution < 1.29 is 22.7 Å². The van der Waals surface area contributed by atoms with Crippen LogP contribution in [-0.4, -0.2) is 78.5 Å². The number of hydrogen-bond acceptors (Lipinski definition) is 9. The molecule has 222 valence electrons.